The quantitative estimate of drug-likeness (QED) is 0.422. The summed E-state index contributed by atoms with van der Waals surface area (Å²) in [7, 11) is 0. The van der Waals surface area contributed by atoms with Crippen LogP contribution >= 0.6 is 0 Å². The second-order valence-corrected chi connectivity index (χ2v) is 2.52. The first-order valence-corrected chi connectivity index (χ1v) is 3.76. The molecule has 0 aliphatic heterocycles. The maximum absolute atomic E-state index is 9.30. The molecule has 0 bridgehead atoms. The van der Waals surface area contributed by atoms with Gasteiger partial charge in [-0.2, -0.15) is 0 Å². The predicted octanol–water partition coefficient (Wildman–Crippen LogP) is 1.95. The van der Waals surface area contributed by atoms with Gasteiger partial charge in [0.1, 0.15) is 11.5 Å². The van der Waals surface area contributed by atoms with Crippen molar-refractivity contribution in [2.24, 2.45) is 5.11 Å². The summed E-state index contributed by atoms with van der Waals surface area (Å²) in [6.07, 6.45) is 0.468. The van der Waals surface area contributed by atoms with Gasteiger partial charge in [0, 0.05) is 17.5 Å². The van der Waals surface area contributed by atoms with Crippen molar-refractivity contribution in [3.05, 3.63) is 34.2 Å². The molecule has 1 aromatic rings. The van der Waals surface area contributed by atoms with Crippen LogP contribution in [0.5, 0.6) is 11.5 Å². The van der Waals surface area contributed by atoms with Crippen LogP contribution in [0, 0.1) is 0 Å². The molecule has 68 valence electrons. The van der Waals surface area contributed by atoms with Gasteiger partial charge in [-0.3, -0.25) is 0 Å². The van der Waals surface area contributed by atoms with E-state index in [0.29, 0.717) is 18.5 Å². The number of azide groups is 1. The van der Waals surface area contributed by atoms with Crippen LogP contribution in [-0.2, 0) is 6.42 Å². The Kier molecular flexibility index (Phi) is 3.00. The fourth-order valence-corrected chi connectivity index (χ4v) is 0.979. The third-order valence-electron chi connectivity index (χ3n) is 1.61. The molecule has 0 aliphatic carbocycles. The van der Waals surface area contributed by atoms with E-state index in [0.717, 1.165) is 0 Å². The smallest absolute Gasteiger partial charge is 0.122 e. The first-order valence-electron chi connectivity index (χ1n) is 3.76. The van der Waals surface area contributed by atoms with E-state index >= 15 is 0 Å². The van der Waals surface area contributed by atoms with Crippen molar-refractivity contribution in [3.8, 4) is 11.5 Å². The van der Waals surface area contributed by atoms with Crippen LogP contribution in [0.3, 0.4) is 0 Å². The highest BCUT2D eigenvalue weighted by Gasteiger charge is 2.00. The number of hydrogen-bond acceptors (Lipinski definition) is 3. The number of hydrogen-bond donors (Lipinski definition) is 2. The Bertz CT molecular complexity index is 345. The van der Waals surface area contributed by atoms with Gasteiger partial charge in [0.25, 0.3) is 0 Å². The molecule has 5 nitrogen and oxygen atoms in total. The van der Waals surface area contributed by atoms with Gasteiger partial charge in [0.15, 0.2) is 0 Å². The van der Waals surface area contributed by atoms with Gasteiger partial charge in [-0.05, 0) is 23.6 Å². The average Bonchev–Trinajstić information content (AvgIpc) is 2.09. The van der Waals surface area contributed by atoms with E-state index in [1.807, 2.05) is 0 Å². The summed E-state index contributed by atoms with van der Waals surface area (Å²) in [5, 5.41) is 21.6. The summed E-state index contributed by atoms with van der Waals surface area (Å²) in [6.45, 7) is 0.300. The molecule has 0 amide bonds. The van der Waals surface area contributed by atoms with Gasteiger partial charge >= 0.3 is 0 Å². The van der Waals surface area contributed by atoms with Crippen LogP contribution in [0.2, 0.25) is 0 Å². The molecule has 0 fully saturated rings. The van der Waals surface area contributed by atoms with E-state index in [2.05, 4.69) is 10.0 Å². The lowest BCUT2D eigenvalue weighted by atomic mass is 10.1. The lowest BCUT2D eigenvalue weighted by Crippen LogP contribution is -1.88. The standard InChI is InChI=1S/C8H9N3O2/c9-11-10-4-3-6-1-2-7(12)5-8(6)13/h1-2,5,12-13H,3-4H2. The molecule has 0 aliphatic rings. The Balaban J connectivity index is 2.71. The topological polar surface area (TPSA) is 89.2 Å². The third kappa shape index (κ3) is 2.57. The van der Waals surface area contributed by atoms with E-state index in [4.69, 9.17) is 10.6 Å². The molecule has 0 aromatic heterocycles. The summed E-state index contributed by atoms with van der Waals surface area (Å²) in [5.74, 6) is 0.0400. The van der Waals surface area contributed by atoms with Crippen molar-refractivity contribution in [1.82, 2.24) is 0 Å². The highest BCUT2D eigenvalue weighted by Crippen LogP contribution is 2.22. The molecule has 0 heterocycles. The highest BCUT2D eigenvalue weighted by atomic mass is 16.3. The van der Waals surface area contributed by atoms with Crippen LogP contribution in [0.25, 0.3) is 10.4 Å². The van der Waals surface area contributed by atoms with Crippen LogP contribution < -0.4 is 0 Å². The zero-order chi connectivity index (χ0) is 9.68. The van der Waals surface area contributed by atoms with Gasteiger partial charge in [-0.25, -0.2) is 0 Å². The van der Waals surface area contributed by atoms with E-state index in [9.17, 15) is 5.11 Å². The first-order chi connectivity index (χ1) is 6.24. The maximum atomic E-state index is 9.30. The average molecular weight is 179 g/mol. The molecule has 2 N–H and O–H groups in total. The van der Waals surface area contributed by atoms with Crippen molar-refractivity contribution in [1.29, 1.82) is 0 Å². The van der Waals surface area contributed by atoms with Gasteiger partial charge < -0.3 is 10.2 Å². The van der Waals surface area contributed by atoms with Crippen LogP contribution in [0.15, 0.2) is 23.3 Å². The lowest BCUT2D eigenvalue weighted by Gasteiger charge is -2.01. The number of phenolic OH excluding ortho intramolecular Hbond substituents is 2. The van der Waals surface area contributed by atoms with Crippen molar-refractivity contribution < 1.29 is 10.2 Å². The maximum Gasteiger partial charge on any atom is 0.122 e. The summed E-state index contributed by atoms with van der Waals surface area (Å²) in [5.41, 5.74) is 8.67. The lowest BCUT2D eigenvalue weighted by molar-refractivity contribution is 0.446. The van der Waals surface area contributed by atoms with Crippen LogP contribution in [-0.4, -0.2) is 16.8 Å². The van der Waals surface area contributed by atoms with Gasteiger partial charge in [0.05, 0.1) is 0 Å². The minimum Gasteiger partial charge on any atom is -0.508 e. The molecule has 0 radical (unpaired) electrons. The zero-order valence-corrected chi connectivity index (χ0v) is 6.88. The molecule has 0 saturated heterocycles. The minimum absolute atomic E-state index is 0.0186. The number of benzene rings is 1. The third-order valence-corrected chi connectivity index (χ3v) is 1.61. The highest BCUT2D eigenvalue weighted by molar-refractivity contribution is 5.38. The summed E-state index contributed by atoms with van der Waals surface area (Å²) < 4.78 is 0. The predicted molar refractivity (Wildman–Crippen MR) is 47.5 cm³/mol. The molecule has 5 heteroatoms. The fraction of sp³-hybridized carbons (Fsp3) is 0.250. The Morgan fingerprint density at radius 3 is 2.77 bits per heavy atom. The largest absolute Gasteiger partial charge is 0.508 e. The molecule has 0 saturated carbocycles. The molecule has 0 spiro atoms. The van der Waals surface area contributed by atoms with Crippen LogP contribution in [0.1, 0.15) is 5.56 Å². The monoisotopic (exact) mass is 179 g/mol. The molecule has 0 unspecified atom stereocenters. The molecule has 0 atom stereocenters. The van der Waals surface area contributed by atoms with Crippen molar-refractivity contribution in [2.75, 3.05) is 6.54 Å². The summed E-state index contributed by atoms with van der Waals surface area (Å²) >= 11 is 0. The van der Waals surface area contributed by atoms with Crippen molar-refractivity contribution in [2.45, 2.75) is 6.42 Å². The van der Waals surface area contributed by atoms with E-state index in [1.165, 1.54) is 12.1 Å². The summed E-state index contributed by atoms with van der Waals surface area (Å²) in [4.78, 5) is 2.59. The molecule has 13 heavy (non-hydrogen) atoms. The van der Waals surface area contributed by atoms with Gasteiger partial charge in [0.2, 0.25) is 0 Å². The Morgan fingerprint density at radius 1 is 1.38 bits per heavy atom. The van der Waals surface area contributed by atoms with Crippen LogP contribution in [0.4, 0.5) is 0 Å². The number of phenols is 2. The Labute approximate surface area is 74.9 Å². The minimum atomic E-state index is 0.0186. The van der Waals surface area contributed by atoms with E-state index in [1.54, 1.807) is 6.07 Å². The second kappa shape index (κ2) is 4.23. The zero-order valence-electron chi connectivity index (χ0n) is 6.88. The van der Waals surface area contributed by atoms with Crippen molar-refractivity contribution >= 4 is 0 Å². The Morgan fingerprint density at radius 2 is 2.15 bits per heavy atom. The normalized spacial score (nSPS) is 9.23. The molecule has 1 aromatic carbocycles. The first kappa shape index (κ1) is 9.22. The van der Waals surface area contributed by atoms with Gasteiger partial charge in [-0.15, -0.1) is 0 Å². The van der Waals surface area contributed by atoms with Crippen molar-refractivity contribution in [3.63, 3.8) is 0 Å². The SMILES string of the molecule is [N-]=[N+]=NCCc1ccc(O)cc1O. The molecular formula is C8H9N3O2. The fourth-order valence-electron chi connectivity index (χ4n) is 0.979. The number of nitrogens with zero attached hydrogens (tertiary/aromatic N) is 3. The van der Waals surface area contributed by atoms with E-state index in [-0.39, 0.29) is 11.5 Å². The number of aromatic hydroxyl groups is 2. The molecular weight excluding hydrogens is 170 g/mol. The molecule has 1 rings (SSSR count). The van der Waals surface area contributed by atoms with Gasteiger partial charge in [-0.1, -0.05) is 11.2 Å². The number of rotatable bonds is 3. The van der Waals surface area contributed by atoms with E-state index < -0.39 is 0 Å². The Hall–Kier alpha value is -1.87. The summed E-state index contributed by atoms with van der Waals surface area (Å²) in [6, 6.07) is 4.33. The second-order valence-electron chi connectivity index (χ2n) is 2.52.